The van der Waals surface area contributed by atoms with E-state index >= 15 is 0 Å². The molecule has 1 aromatic carbocycles. The molecule has 0 N–H and O–H groups in total. The number of rotatable bonds is 2. The van der Waals surface area contributed by atoms with Crippen molar-refractivity contribution >= 4 is 33.4 Å². The summed E-state index contributed by atoms with van der Waals surface area (Å²) in [6.45, 7) is 0.653. The number of thioether (sulfide) groups is 1. The molecule has 0 aliphatic carbocycles. The van der Waals surface area contributed by atoms with Gasteiger partial charge < -0.3 is 0 Å². The van der Waals surface area contributed by atoms with Gasteiger partial charge in [-0.05, 0) is 30.7 Å². The third-order valence-corrected chi connectivity index (χ3v) is 6.85. The minimum Gasteiger partial charge on any atom is -0.207 e. The third-order valence-electron chi connectivity index (χ3n) is 3.27. The van der Waals surface area contributed by atoms with Crippen molar-refractivity contribution in [3.8, 4) is 0 Å². The van der Waals surface area contributed by atoms with Gasteiger partial charge in [-0.3, -0.25) is 0 Å². The molecule has 0 spiro atoms. The molecule has 0 saturated carbocycles. The zero-order valence-corrected chi connectivity index (χ0v) is 11.4. The Morgan fingerprint density at radius 1 is 1.29 bits per heavy atom. The lowest BCUT2D eigenvalue weighted by Crippen LogP contribution is -2.39. The van der Waals surface area contributed by atoms with Gasteiger partial charge in [-0.1, -0.05) is 11.6 Å². The van der Waals surface area contributed by atoms with Crippen LogP contribution in [0, 0.1) is 0 Å². The molecule has 2 fully saturated rings. The molecule has 17 heavy (non-hydrogen) atoms. The van der Waals surface area contributed by atoms with Crippen molar-refractivity contribution in [2.24, 2.45) is 0 Å². The molecule has 3 nitrogen and oxygen atoms in total. The summed E-state index contributed by atoms with van der Waals surface area (Å²) in [6.07, 6.45) is 0.998. The lowest BCUT2D eigenvalue weighted by Gasteiger charge is -2.25. The number of fused-ring (bicyclic) bond motifs is 2. The van der Waals surface area contributed by atoms with Crippen LogP contribution in [0.25, 0.3) is 0 Å². The van der Waals surface area contributed by atoms with Gasteiger partial charge in [0.25, 0.3) is 0 Å². The number of benzene rings is 1. The second-order valence-corrected chi connectivity index (χ2v) is 8.03. The van der Waals surface area contributed by atoms with Gasteiger partial charge in [0.1, 0.15) is 0 Å². The van der Waals surface area contributed by atoms with Crippen LogP contribution in [-0.2, 0) is 10.0 Å². The van der Waals surface area contributed by atoms with E-state index in [-0.39, 0.29) is 6.04 Å². The van der Waals surface area contributed by atoms with E-state index in [0.717, 1.165) is 12.2 Å². The third kappa shape index (κ3) is 1.99. The van der Waals surface area contributed by atoms with Gasteiger partial charge in [-0.25, -0.2) is 8.42 Å². The van der Waals surface area contributed by atoms with E-state index in [0.29, 0.717) is 21.7 Å². The minimum atomic E-state index is -3.32. The maximum absolute atomic E-state index is 12.4. The Hall–Kier alpha value is -0.230. The average molecular weight is 290 g/mol. The van der Waals surface area contributed by atoms with Crippen molar-refractivity contribution in [1.29, 1.82) is 0 Å². The number of nitrogens with zero attached hydrogens (tertiary/aromatic N) is 1. The first-order valence-electron chi connectivity index (χ1n) is 5.46. The summed E-state index contributed by atoms with van der Waals surface area (Å²) in [5, 5.41) is 1.05. The highest BCUT2D eigenvalue weighted by Crippen LogP contribution is 2.40. The standard InChI is InChI=1S/C11H12ClNO2S2/c12-8-1-3-11(4-2-8)17(14,15)13-6-10-5-9(13)7-16-10/h1-4,9-10H,5-7H2. The summed E-state index contributed by atoms with van der Waals surface area (Å²) >= 11 is 7.66. The van der Waals surface area contributed by atoms with Crippen molar-refractivity contribution in [2.45, 2.75) is 22.6 Å². The first kappa shape index (κ1) is 11.8. The molecule has 92 valence electrons. The quantitative estimate of drug-likeness (QED) is 0.838. The number of sulfonamides is 1. The Labute approximate surface area is 110 Å². The highest BCUT2D eigenvalue weighted by Gasteiger charge is 2.44. The molecule has 2 aliphatic heterocycles. The molecule has 2 saturated heterocycles. The van der Waals surface area contributed by atoms with Crippen molar-refractivity contribution in [1.82, 2.24) is 4.31 Å². The van der Waals surface area contributed by atoms with E-state index in [1.54, 1.807) is 28.6 Å². The molecule has 1 aromatic rings. The van der Waals surface area contributed by atoms with Gasteiger partial charge in [-0.2, -0.15) is 16.1 Å². The average Bonchev–Trinajstić information content (AvgIpc) is 2.91. The maximum Gasteiger partial charge on any atom is 0.243 e. The molecule has 0 aromatic heterocycles. The van der Waals surface area contributed by atoms with Gasteiger partial charge in [0.15, 0.2) is 0 Å². The van der Waals surface area contributed by atoms with E-state index in [9.17, 15) is 8.42 Å². The molecule has 2 aliphatic rings. The summed E-state index contributed by atoms with van der Waals surface area (Å²) < 4.78 is 26.5. The highest BCUT2D eigenvalue weighted by molar-refractivity contribution is 8.00. The van der Waals surface area contributed by atoms with Gasteiger partial charge >= 0.3 is 0 Å². The molecule has 2 atom stereocenters. The number of halogens is 1. The summed E-state index contributed by atoms with van der Waals surface area (Å²) in [5.74, 6) is 0.928. The second kappa shape index (κ2) is 4.16. The normalized spacial score (nSPS) is 28.8. The van der Waals surface area contributed by atoms with E-state index in [1.807, 2.05) is 11.8 Å². The Kier molecular flexibility index (Phi) is 2.89. The van der Waals surface area contributed by atoms with Crippen molar-refractivity contribution in [2.75, 3.05) is 12.3 Å². The van der Waals surface area contributed by atoms with Crippen molar-refractivity contribution in [3.05, 3.63) is 29.3 Å². The van der Waals surface area contributed by atoms with Crippen LogP contribution in [0.5, 0.6) is 0 Å². The van der Waals surface area contributed by atoms with Gasteiger partial charge in [0.2, 0.25) is 10.0 Å². The smallest absolute Gasteiger partial charge is 0.207 e. The number of hydrogen-bond donors (Lipinski definition) is 0. The van der Waals surface area contributed by atoms with Crippen LogP contribution in [-0.4, -0.2) is 36.3 Å². The molecule has 3 rings (SSSR count). The summed E-state index contributed by atoms with van der Waals surface area (Å²) in [7, 11) is -3.32. The first-order valence-corrected chi connectivity index (χ1v) is 8.33. The van der Waals surface area contributed by atoms with E-state index in [2.05, 4.69) is 0 Å². The van der Waals surface area contributed by atoms with Gasteiger partial charge in [0, 0.05) is 28.6 Å². The monoisotopic (exact) mass is 289 g/mol. The second-order valence-electron chi connectivity index (χ2n) is 4.37. The summed E-state index contributed by atoms with van der Waals surface area (Å²) in [4.78, 5) is 0.347. The van der Waals surface area contributed by atoms with Crippen LogP contribution in [0.3, 0.4) is 0 Å². The lowest BCUT2D eigenvalue weighted by molar-refractivity contribution is 0.410. The van der Waals surface area contributed by atoms with Gasteiger partial charge in [0.05, 0.1) is 4.90 Å². The Balaban J connectivity index is 1.93. The largest absolute Gasteiger partial charge is 0.243 e. The molecule has 6 heteroatoms. The molecular weight excluding hydrogens is 278 g/mol. The molecule has 0 radical (unpaired) electrons. The zero-order valence-electron chi connectivity index (χ0n) is 9.04. The maximum atomic E-state index is 12.4. The summed E-state index contributed by atoms with van der Waals surface area (Å²) in [6, 6.07) is 6.59. The predicted octanol–water partition coefficient (Wildman–Crippen LogP) is 2.22. The first-order chi connectivity index (χ1) is 8.07. The SMILES string of the molecule is O=S(=O)(c1ccc(Cl)cc1)N1CC2CC1CS2. The Morgan fingerprint density at radius 2 is 2.00 bits per heavy atom. The van der Waals surface area contributed by atoms with E-state index in [4.69, 9.17) is 11.6 Å². The summed E-state index contributed by atoms with van der Waals surface area (Å²) in [5.41, 5.74) is 0. The van der Waals surface area contributed by atoms with Crippen molar-refractivity contribution < 1.29 is 8.42 Å². The van der Waals surface area contributed by atoms with Crippen LogP contribution in [0.1, 0.15) is 6.42 Å². The number of hydrogen-bond acceptors (Lipinski definition) is 3. The van der Waals surface area contributed by atoms with Crippen LogP contribution in [0.15, 0.2) is 29.2 Å². The highest BCUT2D eigenvalue weighted by atomic mass is 35.5. The van der Waals surface area contributed by atoms with Crippen LogP contribution in [0.2, 0.25) is 5.02 Å². The fourth-order valence-corrected chi connectivity index (χ4v) is 5.83. The molecule has 0 amide bonds. The van der Waals surface area contributed by atoms with E-state index < -0.39 is 10.0 Å². The minimum absolute atomic E-state index is 0.186. The fourth-order valence-electron chi connectivity index (χ4n) is 2.40. The van der Waals surface area contributed by atoms with Gasteiger partial charge in [-0.15, -0.1) is 0 Å². The molecule has 2 heterocycles. The predicted molar refractivity (Wildman–Crippen MR) is 70.0 cm³/mol. The fraction of sp³-hybridized carbons (Fsp3) is 0.455. The van der Waals surface area contributed by atoms with Crippen molar-refractivity contribution in [3.63, 3.8) is 0 Å². The van der Waals surface area contributed by atoms with Crippen LogP contribution < -0.4 is 0 Å². The zero-order chi connectivity index (χ0) is 12.0. The topological polar surface area (TPSA) is 37.4 Å². The molecule has 2 unspecified atom stereocenters. The van der Waals surface area contributed by atoms with E-state index in [1.165, 1.54) is 0 Å². The molecule has 2 bridgehead atoms. The van der Waals surface area contributed by atoms with Crippen LogP contribution >= 0.6 is 23.4 Å². The lowest BCUT2D eigenvalue weighted by atomic mass is 10.3. The Morgan fingerprint density at radius 3 is 2.53 bits per heavy atom. The Bertz CT molecular complexity index is 529. The molecular formula is C11H12ClNO2S2. The van der Waals surface area contributed by atoms with Crippen LogP contribution in [0.4, 0.5) is 0 Å².